The number of guanidine groups is 1. The van der Waals surface area contributed by atoms with Gasteiger partial charge in [-0.1, -0.05) is 0 Å². The molecule has 0 amide bonds. The van der Waals surface area contributed by atoms with Gasteiger partial charge in [-0.05, 0) is 32.3 Å². The molecule has 2 N–H and O–H groups in total. The summed E-state index contributed by atoms with van der Waals surface area (Å²) in [5, 5.41) is 0. The fourth-order valence-corrected chi connectivity index (χ4v) is 2.23. The maximum atomic E-state index is 5.81. The Morgan fingerprint density at radius 3 is 2.92 bits per heavy atom. The molecule has 1 unspecified atom stereocenters. The highest BCUT2D eigenvalue weighted by molar-refractivity contribution is 7.98. The van der Waals surface area contributed by atoms with Crippen LogP contribution in [0.5, 0.6) is 0 Å². The van der Waals surface area contributed by atoms with E-state index in [4.69, 9.17) is 5.73 Å². The zero-order valence-electron chi connectivity index (χ0n) is 8.66. The molecule has 0 saturated carbocycles. The molecule has 4 heteroatoms. The van der Waals surface area contributed by atoms with Crippen molar-refractivity contribution < 1.29 is 0 Å². The molecule has 3 nitrogen and oxygen atoms in total. The molecule has 0 aromatic rings. The maximum absolute atomic E-state index is 5.81. The third-order valence-corrected chi connectivity index (χ3v) is 2.98. The summed E-state index contributed by atoms with van der Waals surface area (Å²) in [4.78, 5) is 6.52. The molecule has 0 saturated heterocycles. The molecule has 0 aliphatic carbocycles. The van der Waals surface area contributed by atoms with Crippen molar-refractivity contribution in [2.75, 3.05) is 18.6 Å². The molecule has 0 fully saturated rings. The number of nitrogens with zero attached hydrogens (tertiary/aromatic N) is 2. The van der Waals surface area contributed by atoms with Gasteiger partial charge in [-0.3, -0.25) is 4.99 Å². The Bertz CT molecular complexity index is 191. The van der Waals surface area contributed by atoms with Crippen LogP contribution >= 0.6 is 11.8 Å². The molecule has 1 rings (SSSR count). The fraction of sp³-hybridized carbons (Fsp3) is 0.889. The summed E-state index contributed by atoms with van der Waals surface area (Å²) in [7, 11) is 0. The van der Waals surface area contributed by atoms with E-state index < -0.39 is 0 Å². The molecule has 1 aliphatic heterocycles. The van der Waals surface area contributed by atoms with Gasteiger partial charge in [-0.2, -0.15) is 11.8 Å². The molecule has 1 aliphatic rings. The van der Waals surface area contributed by atoms with E-state index in [2.05, 4.69) is 30.0 Å². The maximum Gasteiger partial charge on any atom is 0.191 e. The second-order valence-corrected chi connectivity index (χ2v) is 4.62. The second kappa shape index (κ2) is 4.74. The Labute approximate surface area is 84.8 Å². The third kappa shape index (κ3) is 2.53. The molecule has 0 aromatic heterocycles. The van der Waals surface area contributed by atoms with Crippen LogP contribution in [0.1, 0.15) is 20.3 Å². The molecule has 0 spiro atoms. The van der Waals surface area contributed by atoms with Gasteiger partial charge in [0.05, 0.1) is 12.6 Å². The minimum Gasteiger partial charge on any atom is -0.370 e. The number of nitrogens with two attached hydrogens (primary N) is 1. The highest BCUT2D eigenvalue weighted by Gasteiger charge is 2.27. The number of thioether (sulfide) groups is 1. The van der Waals surface area contributed by atoms with Crippen LogP contribution in [0.25, 0.3) is 0 Å². The van der Waals surface area contributed by atoms with Crippen molar-refractivity contribution in [2.45, 2.75) is 32.4 Å². The summed E-state index contributed by atoms with van der Waals surface area (Å²) in [5.41, 5.74) is 5.81. The number of aliphatic imine (C=N–C) groups is 1. The largest absolute Gasteiger partial charge is 0.370 e. The average molecular weight is 201 g/mol. The quantitative estimate of drug-likeness (QED) is 0.742. The minimum atomic E-state index is 0.470. The van der Waals surface area contributed by atoms with Crippen LogP contribution in [0.15, 0.2) is 4.99 Å². The molecule has 76 valence electrons. The summed E-state index contributed by atoms with van der Waals surface area (Å²) in [6.07, 6.45) is 3.32. The number of hydrogen-bond acceptors (Lipinski definition) is 4. The van der Waals surface area contributed by atoms with E-state index in [1.165, 1.54) is 12.2 Å². The lowest BCUT2D eigenvalue weighted by Gasteiger charge is -2.29. The van der Waals surface area contributed by atoms with E-state index in [0.29, 0.717) is 12.1 Å². The zero-order chi connectivity index (χ0) is 9.84. The van der Waals surface area contributed by atoms with Crippen molar-refractivity contribution in [3.63, 3.8) is 0 Å². The Balaban J connectivity index is 2.48. The van der Waals surface area contributed by atoms with Gasteiger partial charge >= 0.3 is 0 Å². The minimum absolute atomic E-state index is 0.470. The Morgan fingerprint density at radius 2 is 2.38 bits per heavy atom. The van der Waals surface area contributed by atoms with Crippen LogP contribution in [0.3, 0.4) is 0 Å². The standard InChI is InChI=1S/C9H19N3S/c1-7(2)12-8(4-5-13-3)6-11-9(12)10/h7-8H,4-6H2,1-3H3,(H2,10,11). The summed E-state index contributed by atoms with van der Waals surface area (Å²) in [5.74, 6) is 1.91. The van der Waals surface area contributed by atoms with E-state index in [1.54, 1.807) is 0 Å². The van der Waals surface area contributed by atoms with Gasteiger partial charge in [-0.25, -0.2) is 0 Å². The highest BCUT2D eigenvalue weighted by atomic mass is 32.2. The van der Waals surface area contributed by atoms with Gasteiger partial charge in [-0.15, -0.1) is 0 Å². The van der Waals surface area contributed by atoms with Crippen LogP contribution in [0, 0.1) is 0 Å². The lowest BCUT2D eigenvalue weighted by atomic mass is 10.2. The van der Waals surface area contributed by atoms with Crippen LogP contribution in [-0.4, -0.2) is 41.5 Å². The molecule has 0 bridgehead atoms. The van der Waals surface area contributed by atoms with Crippen LogP contribution < -0.4 is 5.73 Å². The smallest absolute Gasteiger partial charge is 0.191 e. The molecule has 0 radical (unpaired) electrons. The number of hydrogen-bond donors (Lipinski definition) is 1. The van der Waals surface area contributed by atoms with Crippen molar-refractivity contribution in [1.29, 1.82) is 0 Å². The normalized spacial score (nSPS) is 22.6. The highest BCUT2D eigenvalue weighted by Crippen LogP contribution is 2.16. The summed E-state index contributed by atoms with van der Waals surface area (Å²) in [6, 6.07) is 1.01. The lowest BCUT2D eigenvalue weighted by molar-refractivity contribution is 0.281. The third-order valence-electron chi connectivity index (χ3n) is 2.33. The first-order valence-electron chi connectivity index (χ1n) is 4.74. The van der Waals surface area contributed by atoms with E-state index in [1.807, 2.05) is 11.8 Å². The molecular weight excluding hydrogens is 182 g/mol. The van der Waals surface area contributed by atoms with Gasteiger partial charge in [0.1, 0.15) is 0 Å². The van der Waals surface area contributed by atoms with Crippen LogP contribution in [0.2, 0.25) is 0 Å². The first kappa shape index (κ1) is 10.7. The van der Waals surface area contributed by atoms with Crippen molar-refractivity contribution >= 4 is 17.7 Å². The molecule has 0 aromatic carbocycles. The number of rotatable bonds is 4. The predicted molar refractivity (Wildman–Crippen MR) is 60.3 cm³/mol. The van der Waals surface area contributed by atoms with Gasteiger partial charge in [0.2, 0.25) is 0 Å². The van der Waals surface area contributed by atoms with E-state index in [0.717, 1.165) is 12.5 Å². The van der Waals surface area contributed by atoms with Gasteiger partial charge in [0, 0.05) is 6.04 Å². The summed E-state index contributed by atoms with van der Waals surface area (Å²) in [6.45, 7) is 5.21. The SMILES string of the molecule is CSCCC1CN=C(N)N1C(C)C. The first-order valence-corrected chi connectivity index (χ1v) is 6.13. The van der Waals surface area contributed by atoms with Crippen molar-refractivity contribution in [3.05, 3.63) is 0 Å². The Morgan fingerprint density at radius 1 is 1.69 bits per heavy atom. The molecular formula is C9H19N3S. The lowest BCUT2D eigenvalue weighted by Crippen LogP contribution is -2.45. The zero-order valence-corrected chi connectivity index (χ0v) is 9.47. The second-order valence-electron chi connectivity index (χ2n) is 3.64. The first-order chi connectivity index (χ1) is 6.16. The van der Waals surface area contributed by atoms with Crippen molar-refractivity contribution in [2.24, 2.45) is 10.7 Å². The van der Waals surface area contributed by atoms with E-state index >= 15 is 0 Å². The monoisotopic (exact) mass is 201 g/mol. The molecule has 13 heavy (non-hydrogen) atoms. The Hall–Kier alpha value is -0.380. The summed E-state index contributed by atoms with van der Waals surface area (Å²) >= 11 is 1.89. The van der Waals surface area contributed by atoms with Crippen LogP contribution in [-0.2, 0) is 0 Å². The topological polar surface area (TPSA) is 41.6 Å². The average Bonchev–Trinajstić information content (AvgIpc) is 2.43. The van der Waals surface area contributed by atoms with Crippen molar-refractivity contribution in [1.82, 2.24) is 4.90 Å². The van der Waals surface area contributed by atoms with Crippen LogP contribution in [0.4, 0.5) is 0 Å². The van der Waals surface area contributed by atoms with E-state index in [9.17, 15) is 0 Å². The molecule has 1 atom stereocenters. The fourth-order valence-electron chi connectivity index (χ4n) is 1.73. The van der Waals surface area contributed by atoms with Crippen molar-refractivity contribution in [3.8, 4) is 0 Å². The van der Waals surface area contributed by atoms with E-state index in [-0.39, 0.29) is 0 Å². The van der Waals surface area contributed by atoms with Gasteiger partial charge in [0.25, 0.3) is 0 Å². The van der Waals surface area contributed by atoms with Gasteiger partial charge < -0.3 is 10.6 Å². The summed E-state index contributed by atoms with van der Waals surface area (Å²) < 4.78 is 0. The molecule has 1 heterocycles. The van der Waals surface area contributed by atoms with Gasteiger partial charge in [0.15, 0.2) is 5.96 Å². The Kier molecular flexibility index (Phi) is 3.90. The predicted octanol–water partition coefficient (Wildman–Crippen LogP) is 1.15.